The topological polar surface area (TPSA) is 67.1 Å². The lowest BCUT2D eigenvalue weighted by atomic mass is 9.97. The highest BCUT2D eigenvalue weighted by molar-refractivity contribution is 5.49. The largest absolute Gasteiger partial charge is 0.393 e. The first kappa shape index (κ1) is 14.8. The van der Waals surface area contributed by atoms with Gasteiger partial charge in [0.05, 0.1) is 5.92 Å². The van der Waals surface area contributed by atoms with Crippen LogP contribution in [0.15, 0.2) is 6.07 Å². The van der Waals surface area contributed by atoms with Gasteiger partial charge in [-0.1, -0.05) is 6.92 Å². The molecule has 1 unspecified atom stereocenters. The number of aryl methyl sites for hydroxylation is 1. The monoisotopic (exact) mass is 289 g/mol. The van der Waals surface area contributed by atoms with E-state index in [2.05, 4.69) is 15.4 Å². The maximum atomic E-state index is 12.8. The number of nitrogens with one attached hydrogen (secondary N) is 1. The first-order chi connectivity index (χ1) is 9.44. The molecule has 0 radical (unpaired) electrons. The summed E-state index contributed by atoms with van der Waals surface area (Å²) in [7, 11) is 0. The van der Waals surface area contributed by atoms with Crippen molar-refractivity contribution in [3.05, 3.63) is 11.9 Å². The zero-order valence-electron chi connectivity index (χ0n) is 11.2. The van der Waals surface area contributed by atoms with Crippen molar-refractivity contribution in [3.63, 3.8) is 0 Å². The molecule has 1 aliphatic rings. The van der Waals surface area contributed by atoms with E-state index in [-0.39, 0.29) is 13.0 Å². The molecule has 3 N–H and O–H groups in total. The van der Waals surface area contributed by atoms with E-state index in [4.69, 9.17) is 5.84 Å². The number of aromatic nitrogens is 2. The van der Waals surface area contributed by atoms with Crippen LogP contribution in [0.3, 0.4) is 0 Å². The molecular formula is C12H18F3N5. The van der Waals surface area contributed by atoms with Crippen molar-refractivity contribution in [3.8, 4) is 0 Å². The highest BCUT2D eigenvalue weighted by Crippen LogP contribution is 2.34. The van der Waals surface area contributed by atoms with E-state index in [1.807, 2.05) is 6.92 Å². The van der Waals surface area contributed by atoms with Gasteiger partial charge in [-0.2, -0.15) is 13.2 Å². The molecule has 1 saturated heterocycles. The highest BCUT2D eigenvalue weighted by Gasteiger charge is 2.42. The summed E-state index contributed by atoms with van der Waals surface area (Å²) in [5.74, 6) is 5.51. The Bertz CT molecular complexity index is 441. The Morgan fingerprint density at radius 2 is 2.20 bits per heavy atom. The van der Waals surface area contributed by atoms with Gasteiger partial charge in [0.15, 0.2) is 0 Å². The van der Waals surface area contributed by atoms with Crippen LogP contribution in [0.25, 0.3) is 0 Å². The molecule has 1 aliphatic heterocycles. The second kappa shape index (κ2) is 5.82. The molecule has 2 heterocycles. The summed E-state index contributed by atoms with van der Waals surface area (Å²) in [4.78, 5) is 10.1. The number of rotatable bonds is 3. The van der Waals surface area contributed by atoms with E-state index >= 15 is 0 Å². The molecule has 1 fully saturated rings. The Morgan fingerprint density at radius 3 is 2.80 bits per heavy atom. The second-order valence-corrected chi connectivity index (χ2v) is 4.85. The fraction of sp³-hybridized carbons (Fsp3) is 0.667. The van der Waals surface area contributed by atoms with Gasteiger partial charge >= 0.3 is 6.18 Å². The summed E-state index contributed by atoms with van der Waals surface area (Å²) in [6, 6.07) is 1.58. The minimum atomic E-state index is -4.16. The maximum absolute atomic E-state index is 12.8. The predicted molar refractivity (Wildman–Crippen MR) is 70.2 cm³/mol. The van der Waals surface area contributed by atoms with Gasteiger partial charge in [-0.3, -0.25) is 0 Å². The van der Waals surface area contributed by atoms with Crippen LogP contribution < -0.4 is 16.2 Å². The third-order valence-electron chi connectivity index (χ3n) is 3.43. The number of hydrogen-bond acceptors (Lipinski definition) is 5. The molecule has 112 valence electrons. The third-order valence-corrected chi connectivity index (χ3v) is 3.43. The number of piperidine rings is 1. The normalized spacial score (nSPS) is 20.1. The Hall–Kier alpha value is -1.57. The van der Waals surface area contributed by atoms with E-state index in [0.29, 0.717) is 36.8 Å². The number of anilines is 2. The van der Waals surface area contributed by atoms with Crippen LogP contribution in [0, 0.1) is 5.92 Å². The third kappa shape index (κ3) is 3.30. The van der Waals surface area contributed by atoms with Crippen molar-refractivity contribution in [2.45, 2.75) is 32.4 Å². The lowest BCUT2D eigenvalue weighted by Gasteiger charge is -2.34. The predicted octanol–water partition coefficient (Wildman–Crippen LogP) is 2.10. The average Bonchev–Trinajstić information content (AvgIpc) is 2.46. The highest BCUT2D eigenvalue weighted by atomic mass is 19.4. The standard InChI is InChI=1S/C12H18F3N5/c1-2-9-17-10(19-16)6-11(18-9)20-5-3-4-8(7-20)12(13,14)15/h6,8H,2-5,7,16H2,1H3,(H,17,18,19). The summed E-state index contributed by atoms with van der Waals surface area (Å²) in [5, 5.41) is 0. The zero-order chi connectivity index (χ0) is 14.8. The van der Waals surface area contributed by atoms with Crippen molar-refractivity contribution >= 4 is 11.6 Å². The first-order valence-electron chi connectivity index (χ1n) is 6.60. The molecule has 0 aliphatic carbocycles. The number of nitrogens with two attached hydrogens (primary N) is 1. The summed E-state index contributed by atoms with van der Waals surface area (Å²) in [5.41, 5.74) is 2.42. The second-order valence-electron chi connectivity index (χ2n) is 4.85. The van der Waals surface area contributed by atoms with Gasteiger partial charge in [0.2, 0.25) is 0 Å². The van der Waals surface area contributed by atoms with Crippen molar-refractivity contribution in [1.29, 1.82) is 0 Å². The zero-order valence-corrected chi connectivity index (χ0v) is 11.2. The van der Waals surface area contributed by atoms with Crippen LogP contribution in [0.2, 0.25) is 0 Å². The van der Waals surface area contributed by atoms with E-state index in [0.717, 1.165) is 0 Å². The molecule has 20 heavy (non-hydrogen) atoms. The van der Waals surface area contributed by atoms with Gasteiger partial charge in [-0.05, 0) is 12.8 Å². The summed E-state index contributed by atoms with van der Waals surface area (Å²) < 4.78 is 38.5. The van der Waals surface area contributed by atoms with Crippen molar-refractivity contribution in [2.24, 2.45) is 11.8 Å². The quantitative estimate of drug-likeness (QED) is 0.659. The Labute approximate surface area is 115 Å². The fourth-order valence-corrected chi connectivity index (χ4v) is 2.33. The Balaban J connectivity index is 2.22. The van der Waals surface area contributed by atoms with E-state index < -0.39 is 12.1 Å². The van der Waals surface area contributed by atoms with E-state index in [9.17, 15) is 13.2 Å². The van der Waals surface area contributed by atoms with E-state index in [1.54, 1.807) is 11.0 Å². The molecule has 2 rings (SSSR count). The molecule has 0 bridgehead atoms. The molecule has 1 aromatic rings. The first-order valence-corrected chi connectivity index (χ1v) is 6.60. The molecule has 1 aromatic heterocycles. The lowest BCUT2D eigenvalue weighted by molar-refractivity contribution is -0.176. The van der Waals surface area contributed by atoms with E-state index in [1.165, 1.54) is 0 Å². The molecule has 0 amide bonds. The van der Waals surface area contributed by atoms with Crippen molar-refractivity contribution in [2.75, 3.05) is 23.4 Å². The molecule has 8 heteroatoms. The van der Waals surface area contributed by atoms with Crippen LogP contribution in [0.1, 0.15) is 25.6 Å². The summed E-state index contributed by atoms with van der Waals surface area (Å²) >= 11 is 0. The van der Waals surface area contributed by atoms with Gasteiger partial charge in [-0.25, -0.2) is 15.8 Å². The average molecular weight is 289 g/mol. The number of hydrogen-bond donors (Lipinski definition) is 2. The molecule has 0 aromatic carbocycles. The Kier molecular flexibility index (Phi) is 4.32. The van der Waals surface area contributed by atoms with Crippen molar-refractivity contribution < 1.29 is 13.2 Å². The molecule has 0 spiro atoms. The van der Waals surface area contributed by atoms with Crippen molar-refractivity contribution in [1.82, 2.24) is 9.97 Å². The molecule has 0 saturated carbocycles. The van der Waals surface area contributed by atoms with Crippen LogP contribution >= 0.6 is 0 Å². The number of alkyl halides is 3. The SMILES string of the molecule is CCc1nc(NN)cc(N2CCCC(C(F)(F)F)C2)n1. The van der Waals surface area contributed by atoms with Gasteiger partial charge in [-0.15, -0.1) is 0 Å². The number of halogens is 3. The smallest absolute Gasteiger partial charge is 0.356 e. The molecule has 1 atom stereocenters. The number of hydrazine groups is 1. The van der Waals surface area contributed by atoms with Gasteiger partial charge in [0.1, 0.15) is 17.5 Å². The summed E-state index contributed by atoms with van der Waals surface area (Å²) in [6.07, 6.45) is -2.89. The van der Waals surface area contributed by atoms with Crippen LogP contribution in [-0.2, 0) is 6.42 Å². The van der Waals surface area contributed by atoms with Gasteiger partial charge in [0.25, 0.3) is 0 Å². The van der Waals surface area contributed by atoms with Crippen LogP contribution in [0.5, 0.6) is 0 Å². The number of nitrogens with zero attached hydrogens (tertiary/aromatic N) is 3. The van der Waals surface area contributed by atoms with Crippen LogP contribution in [0.4, 0.5) is 24.8 Å². The minimum Gasteiger partial charge on any atom is -0.356 e. The summed E-state index contributed by atoms with van der Waals surface area (Å²) in [6.45, 7) is 2.39. The van der Waals surface area contributed by atoms with Crippen LogP contribution in [-0.4, -0.2) is 29.2 Å². The molecule has 5 nitrogen and oxygen atoms in total. The van der Waals surface area contributed by atoms with Gasteiger partial charge in [0, 0.05) is 25.6 Å². The van der Waals surface area contributed by atoms with Gasteiger partial charge < -0.3 is 10.3 Å². The lowest BCUT2D eigenvalue weighted by Crippen LogP contribution is -2.42. The number of nitrogen functional groups attached to an aromatic ring is 1. The molecular weight excluding hydrogens is 271 g/mol. The maximum Gasteiger partial charge on any atom is 0.393 e. The fourth-order valence-electron chi connectivity index (χ4n) is 2.33. The minimum absolute atomic E-state index is 0.0618. The Morgan fingerprint density at radius 1 is 1.45 bits per heavy atom.